The van der Waals surface area contributed by atoms with E-state index in [4.69, 9.17) is 11.5 Å². The number of thiocarbonyl (C=S) groups is 1. The van der Waals surface area contributed by atoms with Gasteiger partial charge in [-0.2, -0.15) is 5.10 Å². The summed E-state index contributed by atoms with van der Waals surface area (Å²) in [5.41, 5.74) is 13.9. The van der Waals surface area contributed by atoms with E-state index in [-0.39, 0.29) is 5.11 Å². The van der Waals surface area contributed by atoms with Crippen LogP contribution in [0.5, 0.6) is 0 Å². The molecule has 6 heteroatoms. The molecule has 1 rings (SSSR count). The summed E-state index contributed by atoms with van der Waals surface area (Å²) in [6.45, 7) is 0. The van der Waals surface area contributed by atoms with Crippen LogP contribution in [0, 0.1) is 0 Å². The predicted molar refractivity (Wildman–Crippen MR) is 62.5 cm³/mol. The minimum atomic E-state index is -0.459. The van der Waals surface area contributed by atoms with Gasteiger partial charge in [0.15, 0.2) is 5.11 Å². The van der Waals surface area contributed by atoms with Gasteiger partial charge in [0, 0.05) is 5.56 Å². The van der Waals surface area contributed by atoms with Crippen LogP contribution in [-0.4, -0.2) is 17.2 Å². The maximum Gasteiger partial charge on any atom is 0.248 e. The van der Waals surface area contributed by atoms with Crippen LogP contribution < -0.4 is 16.9 Å². The van der Waals surface area contributed by atoms with Crippen molar-refractivity contribution in [1.29, 1.82) is 0 Å². The minimum absolute atomic E-state index is 0.0972. The molecule has 0 spiro atoms. The van der Waals surface area contributed by atoms with Gasteiger partial charge in [0.1, 0.15) is 0 Å². The smallest absolute Gasteiger partial charge is 0.248 e. The molecule has 0 aliphatic heterocycles. The number of amides is 1. The molecule has 1 amide bonds. The Kier molecular flexibility index (Phi) is 3.75. The number of hydrogen-bond acceptors (Lipinski definition) is 3. The van der Waals surface area contributed by atoms with E-state index >= 15 is 0 Å². The molecular formula is C9H10N4OS. The molecule has 0 heterocycles. The number of primary amides is 1. The molecule has 0 aliphatic carbocycles. The highest BCUT2D eigenvalue weighted by atomic mass is 32.1. The van der Waals surface area contributed by atoms with Crippen LogP contribution >= 0.6 is 12.2 Å². The van der Waals surface area contributed by atoms with E-state index in [9.17, 15) is 4.79 Å². The molecule has 0 bridgehead atoms. The van der Waals surface area contributed by atoms with Gasteiger partial charge < -0.3 is 11.5 Å². The van der Waals surface area contributed by atoms with Crippen LogP contribution in [0.4, 0.5) is 0 Å². The lowest BCUT2D eigenvalue weighted by Gasteiger charge is -1.96. The fourth-order valence-electron chi connectivity index (χ4n) is 0.904. The Bertz CT molecular complexity index is 399. The van der Waals surface area contributed by atoms with Crippen molar-refractivity contribution in [2.24, 2.45) is 16.6 Å². The maximum absolute atomic E-state index is 10.8. The quantitative estimate of drug-likeness (QED) is 0.380. The van der Waals surface area contributed by atoms with Crippen molar-refractivity contribution in [2.75, 3.05) is 0 Å². The van der Waals surface area contributed by atoms with Crippen molar-refractivity contribution in [2.45, 2.75) is 0 Å². The summed E-state index contributed by atoms with van der Waals surface area (Å²) in [6, 6.07) is 6.66. The molecular weight excluding hydrogens is 212 g/mol. The third-order valence-corrected chi connectivity index (χ3v) is 1.67. The average molecular weight is 222 g/mol. The van der Waals surface area contributed by atoms with Gasteiger partial charge in [-0.05, 0) is 29.9 Å². The fourth-order valence-corrected chi connectivity index (χ4v) is 0.957. The summed E-state index contributed by atoms with van der Waals surface area (Å²) < 4.78 is 0. The molecule has 0 radical (unpaired) electrons. The second-order valence-corrected chi connectivity index (χ2v) is 3.16. The zero-order chi connectivity index (χ0) is 11.3. The van der Waals surface area contributed by atoms with Gasteiger partial charge in [-0.15, -0.1) is 0 Å². The van der Waals surface area contributed by atoms with Crippen LogP contribution in [0.15, 0.2) is 29.4 Å². The molecule has 1 aromatic carbocycles. The van der Waals surface area contributed by atoms with Gasteiger partial charge >= 0.3 is 0 Å². The zero-order valence-corrected chi connectivity index (χ0v) is 8.62. The summed E-state index contributed by atoms with van der Waals surface area (Å²) in [5.74, 6) is -0.459. The normalized spacial score (nSPS) is 10.1. The van der Waals surface area contributed by atoms with E-state index in [1.54, 1.807) is 24.3 Å². The van der Waals surface area contributed by atoms with Crippen molar-refractivity contribution in [3.8, 4) is 0 Å². The summed E-state index contributed by atoms with van der Waals surface area (Å²) >= 11 is 4.56. The Labute approximate surface area is 92.1 Å². The molecule has 0 atom stereocenters. The van der Waals surface area contributed by atoms with E-state index in [2.05, 4.69) is 22.7 Å². The number of rotatable bonds is 3. The second kappa shape index (κ2) is 5.06. The third-order valence-electron chi connectivity index (χ3n) is 1.58. The molecule has 78 valence electrons. The third kappa shape index (κ3) is 3.74. The lowest BCUT2D eigenvalue weighted by Crippen LogP contribution is -2.23. The Balaban J connectivity index is 2.68. The maximum atomic E-state index is 10.8. The highest BCUT2D eigenvalue weighted by molar-refractivity contribution is 7.80. The van der Waals surface area contributed by atoms with Crippen LogP contribution in [0.3, 0.4) is 0 Å². The lowest BCUT2D eigenvalue weighted by molar-refractivity contribution is 0.100. The van der Waals surface area contributed by atoms with Gasteiger partial charge in [-0.25, -0.2) is 0 Å². The fraction of sp³-hybridized carbons (Fsp3) is 0. The standard InChI is InChI=1S/C9H10N4OS/c10-8(14)7-3-1-6(2-4-7)5-12-13-9(11)15/h1-5H,(H2,10,14)(H3,11,13,15). The summed E-state index contributed by atoms with van der Waals surface area (Å²) in [4.78, 5) is 10.8. The van der Waals surface area contributed by atoms with Gasteiger partial charge in [0.2, 0.25) is 5.91 Å². The van der Waals surface area contributed by atoms with Crippen molar-refractivity contribution in [1.82, 2.24) is 5.43 Å². The number of hydrazone groups is 1. The summed E-state index contributed by atoms with van der Waals surface area (Å²) in [7, 11) is 0. The molecule has 5 nitrogen and oxygen atoms in total. The Morgan fingerprint density at radius 3 is 2.40 bits per heavy atom. The molecule has 15 heavy (non-hydrogen) atoms. The van der Waals surface area contributed by atoms with E-state index in [1.165, 1.54) is 6.21 Å². The van der Waals surface area contributed by atoms with Gasteiger partial charge in [-0.3, -0.25) is 10.2 Å². The first-order valence-corrected chi connectivity index (χ1v) is 4.49. The first-order valence-electron chi connectivity index (χ1n) is 4.08. The second-order valence-electron chi connectivity index (χ2n) is 2.72. The average Bonchev–Trinajstić information content (AvgIpc) is 2.18. The number of carbonyl (C=O) groups excluding carboxylic acids is 1. The number of nitrogens with two attached hydrogens (primary N) is 2. The Hall–Kier alpha value is -1.95. The SMILES string of the molecule is NC(=O)c1ccc(C=NNC(N)=S)cc1. The lowest BCUT2D eigenvalue weighted by atomic mass is 10.1. The van der Waals surface area contributed by atoms with E-state index in [0.717, 1.165) is 5.56 Å². The Morgan fingerprint density at radius 1 is 1.33 bits per heavy atom. The van der Waals surface area contributed by atoms with Crippen molar-refractivity contribution in [3.05, 3.63) is 35.4 Å². The highest BCUT2D eigenvalue weighted by Gasteiger charge is 1.97. The predicted octanol–water partition coefficient (Wildman–Crippen LogP) is -0.0474. The molecule has 0 aliphatic rings. The minimum Gasteiger partial charge on any atom is -0.375 e. The van der Waals surface area contributed by atoms with Crippen molar-refractivity contribution < 1.29 is 4.79 Å². The number of benzene rings is 1. The highest BCUT2D eigenvalue weighted by Crippen LogP contribution is 2.01. The van der Waals surface area contributed by atoms with Crippen LogP contribution in [-0.2, 0) is 0 Å². The van der Waals surface area contributed by atoms with Gasteiger partial charge in [0.25, 0.3) is 0 Å². The summed E-state index contributed by atoms with van der Waals surface area (Å²) in [5, 5.41) is 3.86. The van der Waals surface area contributed by atoms with Crippen molar-refractivity contribution in [3.63, 3.8) is 0 Å². The molecule has 0 saturated heterocycles. The largest absolute Gasteiger partial charge is 0.375 e. The van der Waals surface area contributed by atoms with Crippen molar-refractivity contribution >= 4 is 29.5 Å². The topological polar surface area (TPSA) is 93.5 Å². The molecule has 0 aromatic heterocycles. The zero-order valence-electron chi connectivity index (χ0n) is 7.81. The van der Waals surface area contributed by atoms with Crippen LogP contribution in [0.2, 0.25) is 0 Å². The molecule has 0 saturated carbocycles. The monoisotopic (exact) mass is 222 g/mol. The Morgan fingerprint density at radius 2 is 1.93 bits per heavy atom. The molecule has 5 N–H and O–H groups in total. The molecule has 0 fully saturated rings. The van der Waals surface area contributed by atoms with Crippen LogP contribution in [0.25, 0.3) is 0 Å². The van der Waals surface area contributed by atoms with Gasteiger partial charge in [-0.1, -0.05) is 12.1 Å². The first kappa shape index (κ1) is 11.1. The summed E-state index contributed by atoms with van der Waals surface area (Å²) in [6.07, 6.45) is 1.53. The first-order chi connectivity index (χ1) is 7.09. The molecule has 1 aromatic rings. The van der Waals surface area contributed by atoms with E-state index in [1.807, 2.05) is 0 Å². The molecule has 0 unspecified atom stereocenters. The number of hydrogen-bond donors (Lipinski definition) is 3. The van der Waals surface area contributed by atoms with E-state index in [0.29, 0.717) is 5.56 Å². The number of nitrogens with one attached hydrogen (secondary N) is 1. The van der Waals surface area contributed by atoms with E-state index < -0.39 is 5.91 Å². The van der Waals surface area contributed by atoms with Gasteiger partial charge in [0.05, 0.1) is 6.21 Å². The number of carbonyl (C=O) groups is 1. The number of nitrogens with zero attached hydrogens (tertiary/aromatic N) is 1. The van der Waals surface area contributed by atoms with Crippen LogP contribution in [0.1, 0.15) is 15.9 Å².